The van der Waals surface area contributed by atoms with E-state index in [9.17, 15) is 4.79 Å². The first-order chi connectivity index (χ1) is 8.11. The predicted octanol–water partition coefficient (Wildman–Crippen LogP) is 2.54. The third-order valence-corrected chi connectivity index (χ3v) is 4.34. The third kappa shape index (κ3) is 2.64. The van der Waals surface area contributed by atoms with Crippen molar-refractivity contribution in [1.82, 2.24) is 10.2 Å². The SMILES string of the molecule is C[C@H]1CNCCN1C(=O)c1cccc(Cl)c1Br. The van der Waals surface area contributed by atoms with Gasteiger partial charge in [0.1, 0.15) is 0 Å². The van der Waals surface area contributed by atoms with Gasteiger partial charge in [-0.05, 0) is 35.0 Å². The van der Waals surface area contributed by atoms with Gasteiger partial charge < -0.3 is 10.2 Å². The Morgan fingerprint density at radius 1 is 1.59 bits per heavy atom. The predicted molar refractivity (Wildman–Crippen MR) is 72.5 cm³/mol. The van der Waals surface area contributed by atoms with Crippen molar-refractivity contribution in [2.24, 2.45) is 0 Å². The number of nitrogens with one attached hydrogen (secondary N) is 1. The van der Waals surface area contributed by atoms with Gasteiger partial charge in [-0.15, -0.1) is 0 Å². The molecule has 2 rings (SSSR count). The van der Waals surface area contributed by atoms with Crippen molar-refractivity contribution < 1.29 is 4.79 Å². The van der Waals surface area contributed by atoms with Crippen LogP contribution in [0.5, 0.6) is 0 Å². The molecule has 0 spiro atoms. The minimum absolute atomic E-state index is 0.0355. The van der Waals surface area contributed by atoms with Crippen molar-refractivity contribution in [2.45, 2.75) is 13.0 Å². The van der Waals surface area contributed by atoms with Crippen LogP contribution in [0.3, 0.4) is 0 Å². The Kier molecular flexibility index (Phi) is 4.07. The first-order valence-electron chi connectivity index (χ1n) is 5.57. The zero-order valence-electron chi connectivity index (χ0n) is 9.54. The van der Waals surface area contributed by atoms with Gasteiger partial charge in [0, 0.05) is 30.1 Å². The van der Waals surface area contributed by atoms with E-state index in [1.165, 1.54) is 0 Å². The summed E-state index contributed by atoms with van der Waals surface area (Å²) in [6.07, 6.45) is 0. The highest BCUT2D eigenvalue weighted by atomic mass is 79.9. The van der Waals surface area contributed by atoms with Crippen molar-refractivity contribution in [3.05, 3.63) is 33.3 Å². The summed E-state index contributed by atoms with van der Waals surface area (Å²) >= 11 is 9.38. The van der Waals surface area contributed by atoms with Crippen molar-refractivity contribution in [3.63, 3.8) is 0 Å². The number of nitrogens with zero attached hydrogens (tertiary/aromatic N) is 1. The lowest BCUT2D eigenvalue weighted by Crippen LogP contribution is -2.52. The number of amides is 1. The van der Waals surface area contributed by atoms with Crippen LogP contribution >= 0.6 is 27.5 Å². The van der Waals surface area contributed by atoms with E-state index in [4.69, 9.17) is 11.6 Å². The average Bonchev–Trinajstić information content (AvgIpc) is 2.32. The topological polar surface area (TPSA) is 32.3 Å². The van der Waals surface area contributed by atoms with Crippen LogP contribution in [-0.4, -0.2) is 36.5 Å². The fourth-order valence-electron chi connectivity index (χ4n) is 1.97. The lowest BCUT2D eigenvalue weighted by atomic mass is 10.1. The number of rotatable bonds is 1. The number of halogens is 2. The van der Waals surface area contributed by atoms with Crippen LogP contribution < -0.4 is 5.32 Å². The number of carbonyl (C=O) groups is 1. The van der Waals surface area contributed by atoms with E-state index in [1.807, 2.05) is 11.8 Å². The van der Waals surface area contributed by atoms with Crippen molar-refractivity contribution in [3.8, 4) is 0 Å². The molecule has 17 heavy (non-hydrogen) atoms. The van der Waals surface area contributed by atoms with Crippen molar-refractivity contribution in [1.29, 1.82) is 0 Å². The zero-order chi connectivity index (χ0) is 12.4. The van der Waals surface area contributed by atoms with Crippen LogP contribution in [0.25, 0.3) is 0 Å². The van der Waals surface area contributed by atoms with Crippen LogP contribution in [0.4, 0.5) is 0 Å². The van der Waals surface area contributed by atoms with Crippen molar-refractivity contribution >= 4 is 33.4 Å². The molecule has 0 bridgehead atoms. The average molecular weight is 318 g/mol. The van der Waals surface area contributed by atoms with Crippen LogP contribution in [-0.2, 0) is 0 Å². The molecule has 1 amide bonds. The molecule has 0 aromatic heterocycles. The van der Waals surface area contributed by atoms with Crippen LogP contribution in [0.1, 0.15) is 17.3 Å². The Morgan fingerprint density at radius 2 is 2.35 bits per heavy atom. The number of hydrogen-bond acceptors (Lipinski definition) is 2. The Balaban J connectivity index is 2.27. The fourth-order valence-corrected chi connectivity index (χ4v) is 2.57. The summed E-state index contributed by atoms with van der Waals surface area (Å²) in [5, 5.41) is 3.83. The van der Waals surface area contributed by atoms with E-state index in [0.29, 0.717) is 15.1 Å². The summed E-state index contributed by atoms with van der Waals surface area (Å²) in [5.74, 6) is 0.0355. The summed E-state index contributed by atoms with van der Waals surface area (Å²) < 4.78 is 0.678. The van der Waals surface area contributed by atoms with Gasteiger partial charge in [0.25, 0.3) is 5.91 Å². The largest absolute Gasteiger partial charge is 0.333 e. The highest BCUT2D eigenvalue weighted by Gasteiger charge is 2.25. The van der Waals surface area contributed by atoms with Gasteiger partial charge in [-0.3, -0.25) is 4.79 Å². The molecule has 1 N–H and O–H groups in total. The lowest BCUT2D eigenvalue weighted by molar-refractivity contribution is 0.0655. The number of hydrogen-bond donors (Lipinski definition) is 1. The Bertz CT molecular complexity index is 439. The van der Waals surface area contributed by atoms with Gasteiger partial charge in [0.2, 0.25) is 0 Å². The molecule has 1 fully saturated rings. The highest BCUT2D eigenvalue weighted by molar-refractivity contribution is 9.10. The normalized spacial score (nSPS) is 20.4. The number of carbonyl (C=O) groups excluding carboxylic acids is 1. The van der Waals surface area contributed by atoms with Gasteiger partial charge in [-0.2, -0.15) is 0 Å². The van der Waals surface area contributed by atoms with Gasteiger partial charge >= 0.3 is 0 Å². The van der Waals surface area contributed by atoms with E-state index < -0.39 is 0 Å². The van der Waals surface area contributed by atoms with E-state index in [0.717, 1.165) is 19.6 Å². The first-order valence-corrected chi connectivity index (χ1v) is 6.74. The summed E-state index contributed by atoms with van der Waals surface area (Å²) in [6.45, 7) is 4.46. The minimum atomic E-state index is 0.0355. The second kappa shape index (κ2) is 5.38. The smallest absolute Gasteiger partial charge is 0.255 e. The molecule has 92 valence electrons. The van der Waals surface area contributed by atoms with Crippen molar-refractivity contribution in [2.75, 3.05) is 19.6 Å². The fraction of sp³-hybridized carbons (Fsp3) is 0.417. The van der Waals surface area contributed by atoms with Gasteiger partial charge in [0.15, 0.2) is 0 Å². The van der Waals surface area contributed by atoms with Gasteiger partial charge in [-0.1, -0.05) is 17.7 Å². The van der Waals surface area contributed by atoms with Gasteiger partial charge in [-0.25, -0.2) is 0 Å². The molecule has 0 radical (unpaired) electrons. The summed E-state index contributed by atoms with van der Waals surface area (Å²) in [4.78, 5) is 14.3. The van der Waals surface area contributed by atoms with Crippen LogP contribution in [0.15, 0.2) is 22.7 Å². The van der Waals surface area contributed by atoms with E-state index in [2.05, 4.69) is 21.2 Å². The molecule has 1 heterocycles. The van der Waals surface area contributed by atoms with Gasteiger partial charge in [0.05, 0.1) is 10.6 Å². The molecule has 1 saturated heterocycles. The monoisotopic (exact) mass is 316 g/mol. The maximum Gasteiger partial charge on any atom is 0.255 e. The van der Waals surface area contributed by atoms with Crippen LogP contribution in [0, 0.1) is 0 Å². The Hall–Kier alpha value is -0.580. The maximum absolute atomic E-state index is 12.4. The number of benzene rings is 1. The molecule has 1 aromatic rings. The molecule has 5 heteroatoms. The lowest BCUT2D eigenvalue weighted by Gasteiger charge is -2.34. The Labute approximate surface area is 114 Å². The molecule has 1 aliphatic rings. The summed E-state index contributed by atoms with van der Waals surface area (Å²) in [6, 6.07) is 5.58. The van der Waals surface area contributed by atoms with E-state index >= 15 is 0 Å². The summed E-state index contributed by atoms with van der Waals surface area (Å²) in [5.41, 5.74) is 0.631. The number of piperazine rings is 1. The zero-order valence-corrected chi connectivity index (χ0v) is 11.9. The molecule has 0 aliphatic carbocycles. The molecule has 1 aromatic carbocycles. The third-order valence-electron chi connectivity index (χ3n) is 2.94. The van der Waals surface area contributed by atoms with E-state index in [1.54, 1.807) is 18.2 Å². The minimum Gasteiger partial charge on any atom is -0.333 e. The molecule has 1 atom stereocenters. The van der Waals surface area contributed by atoms with E-state index in [-0.39, 0.29) is 11.9 Å². The molecule has 3 nitrogen and oxygen atoms in total. The molecular weight excluding hydrogens is 304 g/mol. The Morgan fingerprint density at radius 3 is 3.06 bits per heavy atom. The standard InChI is InChI=1S/C12H14BrClN2O/c1-8-7-15-5-6-16(8)12(17)9-3-2-4-10(14)11(9)13/h2-4,8,15H,5-7H2,1H3/t8-/m0/s1. The first kappa shape index (κ1) is 12.9. The molecule has 0 saturated carbocycles. The molecular formula is C12H14BrClN2O. The van der Waals surface area contributed by atoms with Crippen LogP contribution in [0.2, 0.25) is 5.02 Å². The maximum atomic E-state index is 12.4. The molecule has 0 unspecified atom stereocenters. The second-order valence-electron chi connectivity index (χ2n) is 4.15. The second-order valence-corrected chi connectivity index (χ2v) is 5.35. The quantitative estimate of drug-likeness (QED) is 0.863. The molecule has 1 aliphatic heterocycles. The highest BCUT2D eigenvalue weighted by Crippen LogP contribution is 2.27. The summed E-state index contributed by atoms with van der Waals surface area (Å²) in [7, 11) is 0.